The first-order valence-corrected chi connectivity index (χ1v) is 12.8. The zero-order valence-electron chi connectivity index (χ0n) is 20.1. The summed E-state index contributed by atoms with van der Waals surface area (Å²) in [5, 5.41) is 3.08. The second-order valence-corrected chi connectivity index (χ2v) is 10.3. The van der Waals surface area contributed by atoms with Gasteiger partial charge in [0, 0.05) is 44.0 Å². The molecule has 4 fully saturated rings. The Morgan fingerprint density at radius 1 is 0.971 bits per heavy atom. The highest BCUT2D eigenvalue weighted by molar-refractivity contribution is 5.99. The number of Topliss-reactive ketones (excluding diaryl/α,β-unsaturated/α-hetero) is 1. The molecule has 0 spiro atoms. The molecule has 0 radical (unpaired) electrons. The van der Waals surface area contributed by atoms with Crippen LogP contribution in [-0.2, 0) is 14.3 Å². The van der Waals surface area contributed by atoms with Crippen LogP contribution < -0.4 is 10.2 Å². The predicted octanol–water partition coefficient (Wildman–Crippen LogP) is 1.69. The van der Waals surface area contributed by atoms with Gasteiger partial charge in [-0.2, -0.15) is 0 Å². The largest absolute Gasteiger partial charge is 0.369 e. The van der Waals surface area contributed by atoms with Crippen molar-refractivity contribution in [1.29, 1.82) is 0 Å². The van der Waals surface area contributed by atoms with E-state index in [1.54, 1.807) is 4.90 Å². The Morgan fingerprint density at radius 3 is 2.38 bits per heavy atom. The van der Waals surface area contributed by atoms with Crippen molar-refractivity contribution in [3.8, 4) is 0 Å². The van der Waals surface area contributed by atoms with E-state index in [9.17, 15) is 14.4 Å². The van der Waals surface area contributed by atoms with E-state index in [0.29, 0.717) is 18.5 Å². The van der Waals surface area contributed by atoms with Gasteiger partial charge in [0.1, 0.15) is 18.7 Å². The van der Waals surface area contributed by atoms with E-state index < -0.39 is 12.1 Å². The number of fused-ring (bicyclic) bond motifs is 1. The summed E-state index contributed by atoms with van der Waals surface area (Å²) in [7, 11) is 2.13. The number of nitrogens with zero attached hydrogens (tertiary/aromatic N) is 3. The number of carbonyl (C=O) groups excluding carboxylic acids is 3. The molecular weight excluding hydrogens is 432 g/mol. The van der Waals surface area contributed by atoms with Gasteiger partial charge in [0.05, 0.1) is 6.10 Å². The molecule has 1 aromatic rings. The Kier molecular flexibility index (Phi) is 6.88. The lowest BCUT2D eigenvalue weighted by atomic mass is 9.83. The molecule has 2 amide bonds. The molecule has 0 aromatic heterocycles. The zero-order valence-corrected chi connectivity index (χ0v) is 20.1. The molecule has 3 atom stereocenters. The lowest BCUT2D eigenvalue weighted by Crippen LogP contribution is -2.55. The van der Waals surface area contributed by atoms with E-state index in [4.69, 9.17) is 4.74 Å². The molecule has 3 heterocycles. The number of ether oxygens (including phenoxy) is 1. The normalized spacial score (nSPS) is 27.0. The molecular formula is C26H36N4O4. The molecule has 1 aromatic carbocycles. The first-order valence-electron chi connectivity index (χ1n) is 12.8. The molecule has 3 aliphatic heterocycles. The van der Waals surface area contributed by atoms with Gasteiger partial charge in [-0.3, -0.25) is 14.4 Å². The number of benzene rings is 1. The second-order valence-electron chi connectivity index (χ2n) is 10.3. The molecule has 34 heavy (non-hydrogen) atoms. The average Bonchev–Trinajstić information content (AvgIpc) is 3.46. The minimum absolute atomic E-state index is 0.0240. The Morgan fingerprint density at radius 2 is 1.68 bits per heavy atom. The summed E-state index contributed by atoms with van der Waals surface area (Å²) >= 11 is 0. The number of rotatable bonds is 5. The van der Waals surface area contributed by atoms with Crippen molar-refractivity contribution in [2.24, 2.45) is 5.92 Å². The van der Waals surface area contributed by atoms with Crippen molar-refractivity contribution in [1.82, 2.24) is 15.1 Å². The summed E-state index contributed by atoms with van der Waals surface area (Å²) in [6.07, 6.45) is 5.63. The Labute approximate surface area is 201 Å². The number of ketones is 1. The van der Waals surface area contributed by atoms with Gasteiger partial charge in [-0.15, -0.1) is 0 Å². The van der Waals surface area contributed by atoms with Gasteiger partial charge in [-0.1, -0.05) is 19.3 Å². The summed E-state index contributed by atoms with van der Waals surface area (Å²) in [5.41, 5.74) is 1.68. The van der Waals surface area contributed by atoms with Gasteiger partial charge in [-0.25, -0.2) is 0 Å². The lowest BCUT2D eigenvalue weighted by molar-refractivity contribution is -0.139. The maximum Gasteiger partial charge on any atom is 0.251 e. The third-order valence-electron chi connectivity index (χ3n) is 8.07. The number of anilines is 1. The van der Waals surface area contributed by atoms with Crippen molar-refractivity contribution in [3.63, 3.8) is 0 Å². The van der Waals surface area contributed by atoms with E-state index in [0.717, 1.165) is 57.5 Å². The van der Waals surface area contributed by atoms with Crippen molar-refractivity contribution in [2.45, 2.75) is 56.7 Å². The van der Waals surface area contributed by atoms with Crippen molar-refractivity contribution < 1.29 is 19.1 Å². The van der Waals surface area contributed by atoms with Gasteiger partial charge in [0.2, 0.25) is 5.91 Å². The summed E-state index contributed by atoms with van der Waals surface area (Å²) in [5.74, 6) is -0.269. The van der Waals surface area contributed by atoms with E-state index in [1.807, 2.05) is 24.3 Å². The molecule has 184 valence electrons. The van der Waals surface area contributed by atoms with Crippen LogP contribution in [0.25, 0.3) is 0 Å². The summed E-state index contributed by atoms with van der Waals surface area (Å²) in [6, 6.07) is 6.61. The predicted molar refractivity (Wildman–Crippen MR) is 129 cm³/mol. The number of hydrogen-bond acceptors (Lipinski definition) is 6. The molecule has 2 unspecified atom stereocenters. The van der Waals surface area contributed by atoms with Crippen molar-refractivity contribution in [2.75, 3.05) is 51.3 Å². The fraction of sp³-hybridized carbons (Fsp3) is 0.654. The van der Waals surface area contributed by atoms with Crippen LogP contribution in [0.15, 0.2) is 24.3 Å². The molecule has 1 aliphatic carbocycles. The van der Waals surface area contributed by atoms with Gasteiger partial charge >= 0.3 is 0 Å². The molecule has 8 nitrogen and oxygen atoms in total. The number of piperazine rings is 1. The van der Waals surface area contributed by atoms with E-state index in [1.165, 1.54) is 6.42 Å². The highest BCUT2D eigenvalue weighted by Gasteiger charge is 2.49. The molecule has 8 heteroatoms. The lowest BCUT2D eigenvalue weighted by Gasteiger charge is -2.34. The number of nitrogens with one attached hydrogen (secondary N) is 1. The number of amides is 2. The Balaban J connectivity index is 1.29. The summed E-state index contributed by atoms with van der Waals surface area (Å²) < 4.78 is 5.57. The van der Waals surface area contributed by atoms with Crippen LogP contribution in [-0.4, -0.2) is 92.0 Å². The third-order valence-corrected chi connectivity index (χ3v) is 8.07. The molecule has 4 aliphatic rings. The molecule has 0 bridgehead atoms. The second kappa shape index (κ2) is 10.0. The Hall–Kier alpha value is -2.45. The maximum atomic E-state index is 13.7. The van der Waals surface area contributed by atoms with Crippen LogP contribution >= 0.6 is 0 Å². The van der Waals surface area contributed by atoms with Crippen LogP contribution in [0.2, 0.25) is 0 Å². The molecule has 5 rings (SSSR count). The fourth-order valence-electron chi connectivity index (χ4n) is 5.98. The molecule has 3 saturated heterocycles. The third kappa shape index (κ3) is 4.70. The Bertz CT molecular complexity index is 906. The van der Waals surface area contributed by atoms with E-state index in [2.05, 4.69) is 22.2 Å². The summed E-state index contributed by atoms with van der Waals surface area (Å²) in [4.78, 5) is 45.6. The standard InChI is InChI=1S/C26H36N4O4/c1-28-13-15-29(16-14-28)20-9-7-19(8-10-20)25(32)27-23(18-5-3-2-4-6-18)26(33)30-12-11-22-24(30)21(31)17-34-22/h7-10,18,22-24H,2-6,11-17H2,1H3,(H,27,32)/t22?,23-,24?/m0/s1. The van der Waals surface area contributed by atoms with Crippen LogP contribution in [0.1, 0.15) is 48.9 Å². The van der Waals surface area contributed by atoms with E-state index in [-0.39, 0.29) is 36.2 Å². The van der Waals surface area contributed by atoms with Crippen LogP contribution in [0.4, 0.5) is 5.69 Å². The minimum atomic E-state index is -0.600. The number of likely N-dealkylation sites (tertiary alicyclic amines) is 1. The maximum absolute atomic E-state index is 13.7. The van der Waals surface area contributed by atoms with Crippen LogP contribution in [0.5, 0.6) is 0 Å². The van der Waals surface area contributed by atoms with Gasteiger partial charge in [0.25, 0.3) is 5.91 Å². The summed E-state index contributed by atoms with van der Waals surface area (Å²) in [6.45, 7) is 4.60. The van der Waals surface area contributed by atoms with Crippen molar-refractivity contribution >= 4 is 23.3 Å². The highest BCUT2D eigenvalue weighted by Crippen LogP contribution is 2.32. The number of carbonyl (C=O) groups is 3. The smallest absolute Gasteiger partial charge is 0.251 e. The number of hydrogen-bond donors (Lipinski definition) is 1. The SMILES string of the molecule is CN1CCN(c2ccc(C(=O)N[C@H](C(=O)N3CCC4OCC(=O)C43)C3CCCCC3)cc2)CC1. The van der Waals surface area contributed by atoms with Gasteiger partial charge in [0.15, 0.2) is 5.78 Å². The monoisotopic (exact) mass is 468 g/mol. The van der Waals surface area contributed by atoms with Crippen LogP contribution in [0, 0.1) is 5.92 Å². The van der Waals surface area contributed by atoms with Gasteiger partial charge < -0.3 is 24.8 Å². The highest BCUT2D eigenvalue weighted by atomic mass is 16.5. The van der Waals surface area contributed by atoms with Gasteiger partial charge in [-0.05, 0) is 56.5 Å². The minimum Gasteiger partial charge on any atom is -0.369 e. The van der Waals surface area contributed by atoms with E-state index >= 15 is 0 Å². The average molecular weight is 469 g/mol. The first kappa shape index (κ1) is 23.3. The topological polar surface area (TPSA) is 82.2 Å². The quantitative estimate of drug-likeness (QED) is 0.708. The number of likely N-dealkylation sites (N-methyl/N-ethyl adjacent to an activating group) is 1. The fourth-order valence-corrected chi connectivity index (χ4v) is 5.98. The molecule has 1 N–H and O–H groups in total. The molecule has 1 saturated carbocycles. The first-order chi connectivity index (χ1) is 16.5. The zero-order chi connectivity index (χ0) is 23.7. The van der Waals surface area contributed by atoms with Crippen LogP contribution in [0.3, 0.4) is 0 Å². The van der Waals surface area contributed by atoms with Crippen molar-refractivity contribution in [3.05, 3.63) is 29.8 Å².